The average Bonchev–Trinajstić information content (AvgIpc) is 3.02. The van der Waals surface area contributed by atoms with Gasteiger partial charge >= 0.3 is 5.97 Å². The van der Waals surface area contributed by atoms with Crippen molar-refractivity contribution in [1.29, 1.82) is 0 Å². The summed E-state index contributed by atoms with van der Waals surface area (Å²) in [7, 11) is 0. The smallest absolute Gasteiger partial charge is 0.331 e. The molecule has 0 aliphatic carbocycles. The molecule has 0 unspecified atom stereocenters. The molecule has 2 aromatic rings. The standard InChI is InChI=1S/C18H23N3O4/c1-4-8-25-15-7-5-6-13(9-15)10-16(22)20-14-11-19-21(12-14)18(2,3)17(23)24/h5-7,9,11-12H,4,8,10H2,1-3H3,(H,20,22)(H,23,24). The first-order valence-electron chi connectivity index (χ1n) is 8.13. The van der Waals surface area contributed by atoms with Gasteiger partial charge in [0.15, 0.2) is 5.54 Å². The second kappa shape index (κ2) is 7.83. The molecule has 7 heteroatoms. The predicted octanol–water partition coefficient (Wildman–Crippen LogP) is 2.67. The summed E-state index contributed by atoms with van der Waals surface area (Å²) in [4.78, 5) is 23.4. The van der Waals surface area contributed by atoms with Crippen LogP contribution in [0.25, 0.3) is 0 Å². The third kappa shape index (κ3) is 4.82. The zero-order valence-electron chi connectivity index (χ0n) is 14.7. The number of carbonyl (C=O) groups excluding carboxylic acids is 1. The number of rotatable bonds is 8. The van der Waals surface area contributed by atoms with E-state index in [0.717, 1.165) is 17.7 Å². The molecular weight excluding hydrogens is 322 g/mol. The molecule has 7 nitrogen and oxygen atoms in total. The fraction of sp³-hybridized carbons (Fsp3) is 0.389. The lowest BCUT2D eigenvalue weighted by atomic mass is 10.1. The third-order valence-electron chi connectivity index (χ3n) is 3.70. The summed E-state index contributed by atoms with van der Waals surface area (Å²) >= 11 is 0. The number of nitrogens with zero attached hydrogens (tertiary/aromatic N) is 2. The summed E-state index contributed by atoms with van der Waals surface area (Å²) in [6.45, 7) is 5.74. The van der Waals surface area contributed by atoms with Crippen molar-refractivity contribution in [2.75, 3.05) is 11.9 Å². The summed E-state index contributed by atoms with van der Waals surface area (Å²) in [5, 5.41) is 16.0. The molecule has 0 atom stereocenters. The number of hydrogen-bond donors (Lipinski definition) is 2. The Kier molecular flexibility index (Phi) is 5.80. The van der Waals surface area contributed by atoms with Gasteiger partial charge in [-0.2, -0.15) is 5.10 Å². The number of aromatic nitrogens is 2. The number of ether oxygens (including phenoxy) is 1. The zero-order chi connectivity index (χ0) is 18.4. The molecule has 0 spiro atoms. The van der Waals surface area contributed by atoms with Crippen LogP contribution in [0.2, 0.25) is 0 Å². The number of nitrogens with one attached hydrogen (secondary N) is 1. The molecule has 2 N–H and O–H groups in total. The van der Waals surface area contributed by atoms with Crippen molar-refractivity contribution in [2.24, 2.45) is 0 Å². The van der Waals surface area contributed by atoms with Crippen molar-refractivity contribution in [1.82, 2.24) is 9.78 Å². The van der Waals surface area contributed by atoms with Crippen molar-refractivity contribution in [2.45, 2.75) is 39.2 Å². The van der Waals surface area contributed by atoms with Crippen LogP contribution in [0.15, 0.2) is 36.7 Å². The first-order valence-corrected chi connectivity index (χ1v) is 8.13. The van der Waals surface area contributed by atoms with E-state index in [9.17, 15) is 14.7 Å². The highest BCUT2D eigenvalue weighted by Crippen LogP contribution is 2.18. The Morgan fingerprint density at radius 1 is 1.36 bits per heavy atom. The molecule has 1 aromatic carbocycles. The highest BCUT2D eigenvalue weighted by atomic mass is 16.5. The van der Waals surface area contributed by atoms with Crippen molar-refractivity contribution in [3.05, 3.63) is 42.2 Å². The molecule has 1 aromatic heterocycles. The van der Waals surface area contributed by atoms with E-state index in [1.165, 1.54) is 30.9 Å². The topological polar surface area (TPSA) is 93.5 Å². The Morgan fingerprint density at radius 3 is 2.80 bits per heavy atom. The molecule has 1 heterocycles. The van der Waals surface area contributed by atoms with E-state index in [-0.39, 0.29) is 12.3 Å². The normalized spacial score (nSPS) is 11.2. The summed E-state index contributed by atoms with van der Waals surface area (Å²) < 4.78 is 6.87. The van der Waals surface area contributed by atoms with Crippen LogP contribution in [0.1, 0.15) is 32.8 Å². The maximum atomic E-state index is 12.2. The molecule has 0 aliphatic rings. The monoisotopic (exact) mass is 345 g/mol. The molecule has 134 valence electrons. The van der Waals surface area contributed by atoms with Crippen molar-refractivity contribution in [3.8, 4) is 5.75 Å². The largest absolute Gasteiger partial charge is 0.494 e. The van der Waals surface area contributed by atoms with Crippen LogP contribution in [-0.4, -0.2) is 33.4 Å². The number of carbonyl (C=O) groups is 2. The van der Waals surface area contributed by atoms with E-state index in [1.54, 1.807) is 0 Å². The summed E-state index contributed by atoms with van der Waals surface area (Å²) in [5.74, 6) is -0.471. The quantitative estimate of drug-likeness (QED) is 0.767. The van der Waals surface area contributed by atoms with Gasteiger partial charge in [0.1, 0.15) is 5.75 Å². The molecule has 0 bridgehead atoms. The van der Waals surface area contributed by atoms with E-state index < -0.39 is 11.5 Å². The van der Waals surface area contributed by atoms with Crippen LogP contribution >= 0.6 is 0 Å². The van der Waals surface area contributed by atoms with Crippen molar-refractivity contribution < 1.29 is 19.4 Å². The van der Waals surface area contributed by atoms with Gasteiger partial charge in [0.05, 0.1) is 24.9 Å². The number of benzene rings is 1. The number of carboxylic acids is 1. The average molecular weight is 345 g/mol. The molecule has 0 fully saturated rings. The van der Waals surface area contributed by atoms with Crippen molar-refractivity contribution >= 4 is 17.6 Å². The number of aliphatic carboxylic acids is 1. The van der Waals surface area contributed by atoms with Gasteiger partial charge in [-0.05, 0) is 38.0 Å². The summed E-state index contributed by atoms with van der Waals surface area (Å²) in [6.07, 6.45) is 4.05. The van der Waals surface area contributed by atoms with E-state index in [2.05, 4.69) is 10.4 Å². The lowest BCUT2D eigenvalue weighted by molar-refractivity contribution is -0.146. The van der Waals surface area contributed by atoms with Gasteiger partial charge in [0.2, 0.25) is 5.91 Å². The molecule has 2 rings (SSSR count). The Balaban J connectivity index is 1.99. The van der Waals surface area contributed by atoms with Gasteiger partial charge in [0.25, 0.3) is 0 Å². The van der Waals surface area contributed by atoms with Crippen LogP contribution in [0.4, 0.5) is 5.69 Å². The highest BCUT2D eigenvalue weighted by molar-refractivity contribution is 5.92. The SMILES string of the molecule is CCCOc1cccc(CC(=O)Nc2cnn(C(C)(C)C(=O)O)c2)c1. The molecule has 0 radical (unpaired) electrons. The highest BCUT2D eigenvalue weighted by Gasteiger charge is 2.30. The minimum Gasteiger partial charge on any atom is -0.494 e. The maximum absolute atomic E-state index is 12.2. The number of hydrogen-bond acceptors (Lipinski definition) is 4. The Hall–Kier alpha value is -2.83. The van der Waals surface area contributed by atoms with Gasteiger partial charge in [0, 0.05) is 6.20 Å². The second-order valence-corrected chi connectivity index (χ2v) is 6.26. The third-order valence-corrected chi connectivity index (χ3v) is 3.70. The molecular formula is C18H23N3O4. The van der Waals surface area contributed by atoms with Crippen molar-refractivity contribution in [3.63, 3.8) is 0 Å². The summed E-state index contributed by atoms with van der Waals surface area (Å²) in [6, 6.07) is 7.40. The first-order chi connectivity index (χ1) is 11.8. The van der Waals surface area contributed by atoms with E-state index in [4.69, 9.17) is 4.74 Å². The zero-order valence-corrected chi connectivity index (χ0v) is 14.7. The minimum atomic E-state index is -1.19. The van der Waals surface area contributed by atoms with E-state index in [1.807, 2.05) is 31.2 Å². The lowest BCUT2D eigenvalue weighted by Crippen LogP contribution is -2.35. The van der Waals surface area contributed by atoms with Gasteiger partial charge in [-0.1, -0.05) is 19.1 Å². The number of carboxylic acid groups (broad SMARTS) is 1. The molecule has 0 saturated carbocycles. The van der Waals surface area contributed by atoms with Crippen LogP contribution in [0.3, 0.4) is 0 Å². The second-order valence-electron chi connectivity index (χ2n) is 6.26. The Morgan fingerprint density at radius 2 is 2.12 bits per heavy atom. The Labute approximate surface area is 146 Å². The van der Waals surface area contributed by atoms with Crippen LogP contribution in [-0.2, 0) is 21.5 Å². The number of anilines is 1. The minimum absolute atomic E-state index is 0.191. The molecule has 25 heavy (non-hydrogen) atoms. The summed E-state index contributed by atoms with van der Waals surface area (Å²) in [5.41, 5.74) is 0.107. The molecule has 0 saturated heterocycles. The van der Waals surface area contributed by atoms with Gasteiger partial charge < -0.3 is 15.2 Å². The Bertz CT molecular complexity index is 752. The first kappa shape index (κ1) is 18.5. The van der Waals surface area contributed by atoms with Gasteiger partial charge in [-0.25, -0.2) is 4.79 Å². The van der Waals surface area contributed by atoms with Crippen LogP contribution in [0, 0.1) is 0 Å². The van der Waals surface area contributed by atoms with E-state index >= 15 is 0 Å². The number of amides is 1. The maximum Gasteiger partial charge on any atom is 0.331 e. The van der Waals surface area contributed by atoms with Crippen LogP contribution in [0.5, 0.6) is 5.75 Å². The van der Waals surface area contributed by atoms with Gasteiger partial charge in [-0.3, -0.25) is 9.48 Å². The molecule has 0 aliphatic heterocycles. The molecule has 1 amide bonds. The lowest BCUT2D eigenvalue weighted by Gasteiger charge is -2.19. The predicted molar refractivity (Wildman–Crippen MR) is 93.7 cm³/mol. The van der Waals surface area contributed by atoms with Crippen LogP contribution < -0.4 is 10.1 Å². The van der Waals surface area contributed by atoms with Gasteiger partial charge in [-0.15, -0.1) is 0 Å². The fourth-order valence-electron chi connectivity index (χ4n) is 2.15. The van der Waals surface area contributed by atoms with E-state index in [0.29, 0.717) is 12.3 Å². The fourth-order valence-corrected chi connectivity index (χ4v) is 2.15.